The average molecular weight is 178 g/mol. The quantitative estimate of drug-likeness (QED) is 0.702. The Morgan fingerprint density at radius 2 is 2.46 bits per heavy atom. The largest absolute Gasteiger partial charge is 0.447 e. The molecule has 0 aromatic carbocycles. The molecule has 0 spiro atoms. The van der Waals surface area contributed by atoms with Crippen molar-refractivity contribution in [3.8, 4) is 0 Å². The summed E-state index contributed by atoms with van der Waals surface area (Å²) in [5.74, 6) is 0. The molecule has 1 N–H and O–H groups in total. The number of ether oxygens (including phenoxy) is 1. The van der Waals surface area contributed by atoms with E-state index in [4.69, 9.17) is 4.74 Å². The summed E-state index contributed by atoms with van der Waals surface area (Å²) in [5.41, 5.74) is 1.95. The number of nitrogens with zero attached hydrogens (tertiary/aromatic N) is 1. The summed E-state index contributed by atoms with van der Waals surface area (Å²) in [7, 11) is 0. The second-order valence-electron chi connectivity index (χ2n) is 3.03. The number of hydrogen-bond acceptors (Lipinski definition) is 3. The van der Waals surface area contributed by atoms with Crippen LogP contribution in [0.25, 0.3) is 0 Å². The Morgan fingerprint density at radius 1 is 1.62 bits per heavy atom. The van der Waals surface area contributed by atoms with Crippen molar-refractivity contribution in [2.75, 3.05) is 6.61 Å². The lowest BCUT2D eigenvalue weighted by atomic mass is 10.1. The highest BCUT2D eigenvalue weighted by Gasteiger charge is 2.23. The molecule has 1 aliphatic rings. The minimum atomic E-state index is -0.356. The molecule has 1 aromatic rings. The second-order valence-corrected chi connectivity index (χ2v) is 3.03. The number of pyridine rings is 1. The van der Waals surface area contributed by atoms with E-state index in [0.29, 0.717) is 6.61 Å². The van der Waals surface area contributed by atoms with E-state index in [1.807, 2.05) is 19.1 Å². The van der Waals surface area contributed by atoms with Gasteiger partial charge in [0, 0.05) is 11.9 Å². The standard InChI is InChI=1S/C9H10N2O2/c1-6-2-3-7(4-10-6)8-5-13-9(12)11-8/h2-4,8H,5H2,1H3,(H,11,12)/t8-/m0/s1. The summed E-state index contributed by atoms with van der Waals surface area (Å²) in [5, 5.41) is 2.69. The molecule has 1 amide bonds. The number of rotatable bonds is 1. The Hall–Kier alpha value is -1.58. The van der Waals surface area contributed by atoms with Gasteiger partial charge >= 0.3 is 6.09 Å². The SMILES string of the molecule is Cc1ccc([C@@H]2COC(=O)N2)cn1. The molecule has 2 heterocycles. The molecule has 4 heteroatoms. The smallest absolute Gasteiger partial charge is 0.407 e. The number of amides is 1. The number of aryl methyl sites for hydroxylation is 1. The highest BCUT2D eigenvalue weighted by Crippen LogP contribution is 2.16. The molecule has 0 bridgehead atoms. The van der Waals surface area contributed by atoms with Crippen LogP contribution in [0.4, 0.5) is 4.79 Å². The molecule has 1 fully saturated rings. The number of alkyl carbamates (subject to hydrolysis) is 1. The lowest BCUT2D eigenvalue weighted by Crippen LogP contribution is -2.18. The van der Waals surface area contributed by atoms with Gasteiger partial charge in [0.1, 0.15) is 6.61 Å². The van der Waals surface area contributed by atoms with Gasteiger partial charge in [0.15, 0.2) is 0 Å². The van der Waals surface area contributed by atoms with Crippen molar-refractivity contribution in [1.29, 1.82) is 0 Å². The first kappa shape index (κ1) is 8.04. The lowest BCUT2D eigenvalue weighted by Gasteiger charge is -2.06. The molecule has 4 nitrogen and oxygen atoms in total. The van der Waals surface area contributed by atoms with Crippen LogP contribution in [-0.4, -0.2) is 17.7 Å². The molecule has 0 unspecified atom stereocenters. The molecule has 0 radical (unpaired) electrons. The van der Waals surface area contributed by atoms with Gasteiger partial charge in [0.25, 0.3) is 0 Å². The van der Waals surface area contributed by atoms with E-state index < -0.39 is 0 Å². The van der Waals surface area contributed by atoms with Gasteiger partial charge in [0.05, 0.1) is 6.04 Å². The molecule has 1 aromatic heterocycles. The van der Waals surface area contributed by atoms with Crippen LogP contribution in [0.5, 0.6) is 0 Å². The second kappa shape index (κ2) is 3.05. The first-order valence-corrected chi connectivity index (χ1v) is 4.11. The maximum absolute atomic E-state index is 10.7. The van der Waals surface area contributed by atoms with Crippen molar-refractivity contribution in [1.82, 2.24) is 10.3 Å². The maximum atomic E-state index is 10.7. The van der Waals surface area contributed by atoms with Crippen LogP contribution < -0.4 is 5.32 Å². The zero-order valence-electron chi connectivity index (χ0n) is 7.28. The molecular weight excluding hydrogens is 168 g/mol. The van der Waals surface area contributed by atoms with E-state index in [1.165, 1.54) is 0 Å². The minimum Gasteiger partial charge on any atom is -0.447 e. The van der Waals surface area contributed by atoms with E-state index in [2.05, 4.69) is 10.3 Å². The summed E-state index contributed by atoms with van der Waals surface area (Å²) < 4.78 is 4.77. The van der Waals surface area contributed by atoms with E-state index >= 15 is 0 Å². The average Bonchev–Trinajstić information content (AvgIpc) is 2.53. The molecule has 2 rings (SSSR count). The van der Waals surface area contributed by atoms with Crippen LogP contribution >= 0.6 is 0 Å². The Labute approximate surface area is 75.9 Å². The lowest BCUT2D eigenvalue weighted by molar-refractivity contribution is 0.177. The molecule has 68 valence electrons. The fourth-order valence-corrected chi connectivity index (χ4v) is 1.25. The van der Waals surface area contributed by atoms with Crippen molar-refractivity contribution in [3.05, 3.63) is 29.6 Å². The Bertz CT molecular complexity index is 321. The highest BCUT2D eigenvalue weighted by molar-refractivity contribution is 5.70. The predicted octanol–water partition coefficient (Wildman–Crippen LogP) is 1.17. The number of hydrogen-bond donors (Lipinski definition) is 1. The third-order valence-corrected chi connectivity index (χ3v) is 2.01. The summed E-state index contributed by atoms with van der Waals surface area (Å²) in [4.78, 5) is 14.9. The maximum Gasteiger partial charge on any atom is 0.407 e. The zero-order chi connectivity index (χ0) is 9.26. The summed E-state index contributed by atoms with van der Waals surface area (Å²) in [6.45, 7) is 2.32. The summed E-state index contributed by atoms with van der Waals surface area (Å²) in [6.07, 6.45) is 1.40. The van der Waals surface area contributed by atoms with E-state index in [-0.39, 0.29) is 12.1 Å². The molecule has 1 saturated heterocycles. The number of cyclic esters (lactones) is 1. The summed E-state index contributed by atoms with van der Waals surface area (Å²) in [6, 6.07) is 3.82. The molecular formula is C9H10N2O2. The number of carbonyl (C=O) groups is 1. The van der Waals surface area contributed by atoms with Gasteiger partial charge in [-0.25, -0.2) is 4.79 Å². The topological polar surface area (TPSA) is 51.2 Å². The van der Waals surface area contributed by atoms with Crippen molar-refractivity contribution in [3.63, 3.8) is 0 Å². The van der Waals surface area contributed by atoms with Crippen LogP contribution in [0.3, 0.4) is 0 Å². The van der Waals surface area contributed by atoms with Gasteiger partial charge in [-0.1, -0.05) is 6.07 Å². The molecule has 1 aliphatic heterocycles. The third kappa shape index (κ3) is 1.61. The summed E-state index contributed by atoms with van der Waals surface area (Å²) >= 11 is 0. The highest BCUT2D eigenvalue weighted by atomic mass is 16.6. The van der Waals surface area contributed by atoms with Crippen LogP contribution in [0.2, 0.25) is 0 Å². The Balaban J connectivity index is 2.17. The minimum absolute atomic E-state index is 0.0411. The Morgan fingerprint density at radius 3 is 3.00 bits per heavy atom. The fourth-order valence-electron chi connectivity index (χ4n) is 1.25. The van der Waals surface area contributed by atoms with Crippen molar-refractivity contribution in [2.24, 2.45) is 0 Å². The van der Waals surface area contributed by atoms with Gasteiger partial charge < -0.3 is 10.1 Å². The van der Waals surface area contributed by atoms with Crippen LogP contribution in [0.1, 0.15) is 17.3 Å². The van der Waals surface area contributed by atoms with E-state index in [9.17, 15) is 4.79 Å². The number of nitrogens with one attached hydrogen (secondary N) is 1. The van der Waals surface area contributed by atoms with E-state index in [1.54, 1.807) is 6.20 Å². The first-order valence-electron chi connectivity index (χ1n) is 4.11. The third-order valence-electron chi connectivity index (χ3n) is 2.01. The van der Waals surface area contributed by atoms with Crippen LogP contribution in [0, 0.1) is 6.92 Å². The molecule has 0 aliphatic carbocycles. The van der Waals surface area contributed by atoms with Gasteiger partial charge in [-0.3, -0.25) is 4.98 Å². The normalized spacial score (nSPS) is 21.0. The predicted molar refractivity (Wildman–Crippen MR) is 46.2 cm³/mol. The van der Waals surface area contributed by atoms with Gasteiger partial charge in [-0.2, -0.15) is 0 Å². The van der Waals surface area contributed by atoms with Crippen molar-refractivity contribution < 1.29 is 9.53 Å². The molecule has 13 heavy (non-hydrogen) atoms. The fraction of sp³-hybridized carbons (Fsp3) is 0.333. The monoisotopic (exact) mass is 178 g/mol. The Kier molecular flexibility index (Phi) is 1.88. The van der Waals surface area contributed by atoms with Gasteiger partial charge in [-0.15, -0.1) is 0 Å². The van der Waals surface area contributed by atoms with E-state index in [0.717, 1.165) is 11.3 Å². The molecule has 1 atom stereocenters. The number of aromatic nitrogens is 1. The van der Waals surface area contributed by atoms with Crippen LogP contribution in [0.15, 0.2) is 18.3 Å². The first-order chi connectivity index (χ1) is 6.25. The van der Waals surface area contributed by atoms with Crippen molar-refractivity contribution >= 4 is 6.09 Å². The van der Waals surface area contributed by atoms with Gasteiger partial charge in [-0.05, 0) is 18.6 Å². The molecule has 0 saturated carbocycles. The van der Waals surface area contributed by atoms with Crippen molar-refractivity contribution in [2.45, 2.75) is 13.0 Å². The zero-order valence-corrected chi connectivity index (χ0v) is 7.28. The number of carbonyl (C=O) groups excluding carboxylic acids is 1. The van der Waals surface area contributed by atoms with Gasteiger partial charge in [0.2, 0.25) is 0 Å². The van der Waals surface area contributed by atoms with Crippen LogP contribution in [-0.2, 0) is 4.74 Å².